The van der Waals surface area contributed by atoms with Crippen molar-refractivity contribution in [2.75, 3.05) is 12.3 Å². The van der Waals surface area contributed by atoms with Gasteiger partial charge < -0.3 is 25.7 Å². The van der Waals surface area contributed by atoms with Crippen LogP contribution in [0.1, 0.15) is 47.6 Å². The number of aromatic nitrogens is 2. The summed E-state index contributed by atoms with van der Waals surface area (Å²) in [6.07, 6.45) is 0.305. The SMILES string of the molecule is CCCCN1C(=O)N(Cc2ccc3[nH]nc(N)c3c2)[C@H](Cc2ccccc2)[C@H](O)[C@@H](O)[C@H]1Cc1cc(C)cc(C)c1. The van der Waals surface area contributed by atoms with E-state index in [0.29, 0.717) is 25.2 Å². The Kier molecular flexibility index (Phi) is 8.61. The average Bonchev–Trinajstić information content (AvgIpc) is 3.30. The summed E-state index contributed by atoms with van der Waals surface area (Å²) < 4.78 is 0. The molecule has 0 radical (unpaired) electrons. The number of aliphatic hydroxyl groups is 2. The number of nitrogens with one attached hydrogen (secondary N) is 1. The van der Waals surface area contributed by atoms with Gasteiger partial charge in [0, 0.05) is 18.5 Å². The van der Waals surface area contributed by atoms with Gasteiger partial charge in [0.15, 0.2) is 5.82 Å². The van der Waals surface area contributed by atoms with Gasteiger partial charge in [-0.3, -0.25) is 5.10 Å². The number of amides is 2. The van der Waals surface area contributed by atoms with Crippen LogP contribution < -0.4 is 5.73 Å². The molecule has 1 aliphatic rings. The summed E-state index contributed by atoms with van der Waals surface area (Å²) in [5.74, 6) is 0.401. The molecule has 0 aliphatic carbocycles. The van der Waals surface area contributed by atoms with Crippen molar-refractivity contribution in [3.05, 3.63) is 94.5 Å². The molecule has 0 spiro atoms. The Morgan fingerprint density at radius 1 is 0.854 bits per heavy atom. The van der Waals surface area contributed by atoms with Crippen molar-refractivity contribution in [3.8, 4) is 0 Å². The molecule has 4 aromatic rings. The number of unbranched alkanes of at least 4 members (excludes halogenated alkanes) is 1. The summed E-state index contributed by atoms with van der Waals surface area (Å²) in [4.78, 5) is 18.1. The van der Waals surface area contributed by atoms with Gasteiger partial charge in [0.2, 0.25) is 0 Å². The van der Waals surface area contributed by atoms with Crippen LogP contribution in [-0.4, -0.2) is 67.1 Å². The van der Waals surface area contributed by atoms with Crippen LogP contribution in [0.5, 0.6) is 0 Å². The first-order valence-electron chi connectivity index (χ1n) is 14.5. The predicted octanol–water partition coefficient (Wildman–Crippen LogP) is 4.74. The number of anilines is 1. The Morgan fingerprint density at radius 2 is 1.51 bits per heavy atom. The summed E-state index contributed by atoms with van der Waals surface area (Å²) in [7, 11) is 0. The Balaban J connectivity index is 1.56. The van der Waals surface area contributed by atoms with Gasteiger partial charge in [-0.1, -0.05) is 79.1 Å². The van der Waals surface area contributed by atoms with Gasteiger partial charge in [-0.25, -0.2) is 4.79 Å². The average molecular weight is 556 g/mol. The number of benzene rings is 3. The number of fused-ring (bicyclic) bond motifs is 1. The molecule has 1 saturated heterocycles. The first-order valence-corrected chi connectivity index (χ1v) is 14.5. The number of aliphatic hydroxyl groups excluding tert-OH is 2. The fourth-order valence-corrected chi connectivity index (χ4v) is 6.17. The fourth-order valence-electron chi connectivity index (χ4n) is 6.17. The van der Waals surface area contributed by atoms with Gasteiger partial charge in [0.1, 0.15) is 12.2 Å². The number of hydrogen-bond acceptors (Lipinski definition) is 5. The number of rotatable bonds is 9. The van der Waals surface area contributed by atoms with Crippen molar-refractivity contribution in [2.45, 2.75) is 77.3 Å². The number of aryl methyl sites for hydroxylation is 2. The summed E-state index contributed by atoms with van der Waals surface area (Å²) in [6, 6.07) is 20.6. The number of aromatic amines is 1. The molecular weight excluding hydrogens is 514 g/mol. The third-order valence-electron chi connectivity index (χ3n) is 8.21. The van der Waals surface area contributed by atoms with E-state index >= 15 is 0 Å². The number of urea groups is 1. The zero-order valence-electron chi connectivity index (χ0n) is 24.1. The molecule has 8 heteroatoms. The maximum absolute atomic E-state index is 14.5. The lowest BCUT2D eigenvalue weighted by Gasteiger charge is -2.36. The van der Waals surface area contributed by atoms with Crippen LogP contribution in [0.2, 0.25) is 0 Å². The monoisotopic (exact) mass is 555 g/mol. The lowest BCUT2D eigenvalue weighted by Crippen LogP contribution is -2.51. The molecule has 0 saturated carbocycles. The highest BCUT2D eigenvalue weighted by atomic mass is 16.3. The van der Waals surface area contributed by atoms with Crippen LogP contribution >= 0.6 is 0 Å². The highest BCUT2D eigenvalue weighted by Gasteiger charge is 2.46. The van der Waals surface area contributed by atoms with E-state index in [9.17, 15) is 15.0 Å². The first-order chi connectivity index (χ1) is 19.7. The number of hydrogen-bond donors (Lipinski definition) is 4. The highest BCUT2D eigenvalue weighted by Crippen LogP contribution is 2.30. The number of nitrogens with two attached hydrogens (primary N) is 1. The summed E-state index contributed by atoms with van der Waals surface area (Å²) in [5, 5.41) is 31.4. The molecule has 41 heavy (non-hydrogen) atoms. The molecular formula is C33H41N5O3. The largest absolute Gasteiger partial charge is 0.388 e. The molecule has 1 fully saturated rings. The van der Waals surface area contributed by atoms with E-state index in [1.54, 1.807) is 9.80 Å². The molecule has 8 nitrogen and oxygen atoms in total. The maximum Gasteiger partial charge on any atom is 0.321 e. The minimum absolute atomic E-state index is 0.176. The number of nitrogens with zero attached hydrogens (tertiary/aromatic N) is 3. The van der Waals surface area contributed by atoms with E-state index < -0.39 is 24.3 Å². The number of nitrogen functional groups attached to an aromatic ring is 1. The second kappa shape index (κ2) is 12.3. The second-order valence-corrected chi connectivity index (χ2v) is 11.5. The van der Waals surface area contributed by atoms with Gasteiger partial charge in [-0.15, -0.1) is 0 Å². The van der Waals surface area contributed by atoms with Crippen molar-refractivity contribution in [2.24, 2.45) is 0 Å². The molecule has 216 valence electrons. The molecule has 2 heterocycles. The van der Waals surface area contributed by atoms with Crippen molar-refractivity contribution in [3.63, 3.8) is 0 Å². The number of carbonyl (C=O) groups excluding carboxylic acids is 1. The van der Waals surface area contributed by atoms with E-state index in [4.69, 9.17) is 5.73 Å². The van der Waals surface area contributed by atoms with Gasteiger partial charge in [-0.2, -0.15) is 5.10 Å². The van der Waals surface area contributed by atoms with Crippen LogP contribution in [0, 0.1) is 13.8 Å². The molecule has 5 N–H and O–H groups in total. The summed E-state index contributed by atoms with van der Waals surface area (Å²) >= 11 is 0. The highest BCUT2D eigenvalue weighted by molar-refractivity contribution is 5.89. The smallest absolute Gasteiger partial charge is 0.321 e. The minimum Gasteiger partial charge on any atom is -0.388 e. The van der Waals surface area contributed by atoms with Gasteiger partial charge >= 0.3 is 6.03 Å². The molecule has 3 aromatic carbocycles. The maximum atomic E-state index is 14.5. The molecule has 2 amide bonds. The Labute approximate surface area is 241 Å². The summed E-state index contributed by atoms with van der Waals surface area (Å²) in [6.45, 7) is 6.95. The quantitative estimate of drug-likeness (QED) is 0.238. The molecule has 0 bridgehead atoms. The Morgan fingerprint density at radius 3 is 2.20 bits per heavy atom. The normalized spacial score (nSPS) is 21.4. The van der Waals surface area contributed by atoms with Crippen molar-refractivity contribution in [1.29, 1.82) is 0 Å². The van der Waals surface area contributed by atoms with Crippen molar-refractivity contribution < 1.29 is 15.0 Å². The molecule has 0 unspecified atom stereocenters. The Bertz CT molecular complexity index is 1470. The van der Waals surface area contributed by atoms with E-state index in [2.05, 4.69) is 49.2 Å². The first kappa shape index (κ1) is 28.6. The molecule has 5 rings (SSSR count). The number of carbonyl (C=O) groups is 1. The van der Waals surface area contributed by atoms with E-state index in [0.717, 1.165) is 51.6 Å². The molecule has 1 aliphatic heterocycles. The van der Waals surface area contributed by atoms with Gasteiger partial charge in [0.05, 0.1) is 17.6 Å². The topological polar surface area (TPSA) is 119 Å². The number of H-pyrrole nitrogens is 1. The van der Waals surface area contributed by atoms with E-state index in [1.165, 1.54) is 0 Å². The standard InChI is InChI=1S/C33H41N5O3/c1-4-5-13-37-28(19-25-15-21(2)14-22(3)16-25)30(39)31(40)29(18-23-9-7-6-8-10-23)38(33(37)41)20-24-11-12-27-26(17-24)32(34)36-35-27/h6-12,14-17,28-31,39-40H,4-5,13,18-20H2,1-3H3,(H3,34,35,36)/t28-,29-,30+,31+/m1/s1. The van der Waals surface area contributed by atoms with Crippen molar-refractivity contribution in [1.82, 2.24) is 20.0 Å². The summed E-state index contributed by atoms with van der Waals surface area (Å²) in [5.41, 5.74) is 12.1. The fraction of sp³-hybridized carbons (Fsp3) is 0.394. The van der Waals surface area contributed by atoms with Crippen LogP contribution in [0.3, 0.4) is 0 Å². The molecule has 1 aromatic heterocycles. The second-order valence-electron chi connectivity index (χ2n) is 11.5. The zero-order chi connectivity index (χ0) is 29.1. The van der Waals surface area contributed by atoms with Gasteiger partial charge in [0.25, 0.3) is 0 Å². The van der Waals surface area contributed by atoms with E-state index in [-0.39, 0.29) is 12.6 Å². The van der Waals surface area contributed by atoms with E-state index in [1.807, 2.05) is 48.5 Å². The van der Waals surface area contributed by atoms with Crippen LogP contribution in [0.15, 0.2) is 66.7 Å². The van der Waals surface area contributed by atoms with Crippen LogP contribution in [-0.2, 0) is 19.4 Å². The van der Waals surface area contributed by atoms with Crippen LogP contribution in [0.25, 0.3) is 10.9 Å². The third-order valence-corrected chi connectivity index (χ3v) is 8.21. The van der Waals surface area contributed by atoms with Crippen molar-refractivity contribution >= 4 is 22.8 Å². The van der Waals surface area contributed by atoms with Gasteiger partial charge in [-0.05, 0) is 61.9 Å². The van der Waals surface area contributed by atoms with Crippen LogP contribution in [0.4, 0.5) is 10.6 Å². The predicted molar refractivity (Wildman–Crippen MR) is 162 cm³/mol. The lowest BCUT2D eigenvalue weighted by molar-refractivity contribution is -0.0402. The minimum atomic E-state index is -1.15. The Hall–Kier alpha value is -3.88. The third kappa shape index (κ3) is 6.24. The zero-order valence-corrected chi connectivity index (χ0v) is 24.1. The lowest BCUT2D eigenvalue weighted by atomic mass is 9.90. The molecule has 4 atom stereocenters.